The van der Waals surface area contributed by atoms with E-state index in [9.17, 15) is 0 Å². The van der Waals surface area contributed by atoms with E-state index in [0.29, 0.717) is 29.8 Å². The van der Waals surface area contributed by atoms with Crippen molar-refractivity contribution in [2.24, 2.45) is 17.8 Å². The van der Waals surface area contributed by atoms with E-state index in [1.165, 1.54) is 0 Å². The molecule has 0 aliphatic carbocycles. The van der Waals surface area contributed by atoms with Crippen LogP contribution in [0.5, 0.6) is 5.75 Å². The summed E-state index contributed by atoms with van der Waals surface area (Å²) in [5.41, 5.74) is 7.80. The quantitative estimate of drug-likeness (QED) is 0.670. The number of halogens is 1. The number of aryl methyl sites for hydroxylation is 1. The van der Waals surface area contributed by atoms with Gasteiger partial charge in [-0.2, -0.15) is 5.10 Å². The monoisotopic (exact) mass is 319 g/mol. The number of nitrogens with two attached hydrogens (primary N) is 1. The zero-order chi connectivity index (χ0) is 15.5. The predicted molar refractivity (Wildman–Crippen MR) is 86.0 cm³/mol. The molecule has 1 aliphatic rings. The molecule has 1 aromatic heterocycles. The standard InChI is InChI=1S/C15H18ClN5O/c1-21-9-11(16)13(20-21)8-18-15(17)19-12-6-7-22-14-5-3-2-4-10(12)14/h2-5,9,12H,6-8H2,1H3,(H3,17,18,19). The molecule has 0 amide bonds. The molecule has 0 spiro atoms. The maximum absolute atomic E-state index is 6.06. The van der Waals surface area contributed by atoms with Crippen LogP contribution in [0.4, 0.5) is 0 Å². The lowest BCUT2D eigenvalue weighted by molar-refractivity contribution is 0.262. The lowest BCUT2D eigenvalue weighted by Crippen LogP contribution is -2.37. The van der Waals surface area contributed by atoms with Gasteiger partial charge in [-0.15, -0.1) is 0 Å². The van der Waals surface area contributed by atoms with Crippen molar-refractivity contribution in [3.8, 4) is 5.75 Å². The molecule has 22 heavy (non-hydrogen) atoms. The fourth-order valence-electron chi connectivity index (χ4n) is 2.49. The third kappa shape index (κ3) is 3.17. The van der Waals surface area contributed by atoms with Crippen molar-refractivity contribution in [2.75, 3.05) is 6.61 Å². The number of hydrogen-bond donors (Lipinski definition) is 2. The second-order valence-electron chi connectivity index (χ2n) is 5.17. The summed E-state index contributed by atoms with van der Waals surface area (Å²) in [6.45, 7) is 1.01. The van der Waals surface area contributed by atoms with Gasteiger partial charge >= 0.3 is 0 Å². The van der Waals surface area contributed by atoms with E-state index in [0.717, 1.165) is 17.7 Å². The average Bonchev–Trinajstić information content (AvgIpc) is 2.83. The fourth-order valence-corrected chi connectivity index (χ4v) is 2.73. The van der Waals surface area contributed by atoms with Crippen LogP contribution >= 0.6 is 11.6 Å². The number of rotatable bonds is 3. The molecule has 116 valence electrons. The van der Waals surface area contributed by atoms with Gasteiger partial charge in [-0.25, -0.2) is 4.99 Å². The highest BCUT2D eigenvalue weighted by Gasteiger charge is 2.21. The second kappa shape index (κ2) is 6.27. The van der Waals surface area contributed by atoms with Crippen molar-refractivity contribution in [2.45, 2.75) is 19.0 Å². The molecule has 2 aromatic rings. The van der Waals surface area contributed by atoms with Crippen molar-refractivity contribution in [1.82, 2.24) is 15.1 Å². The van der Waals surface area contributed by atoms with E-state index >= 15 is 0 Å². The molecule has 1 aliphatic heterocycles. The first-order chi connectivity index (χ1) is 10.6. The Morgan fingerprint density at radius 3 is 3.14 bits per heavy atom. The zero-order valence-corrected chi connectivity index (χ0v) is 13.0. The lowest BCUT2D eigenvalue weighted by atomic mass is 10.0. The first-order valence-electron chi connectivity index (χ1n) is 7.09. The summed E-state index contributed by atoms with van der Waals surface area (Å²) in [5, 5.41) is 8.07. The van der Waals surface area contributed by atoms with Gasteiger partial charge in [0.1, 0.15) is 11.4 Å². The molecule has 0 radical (unpaired) electrons. The van der Waals surface area contributed by atoms with Crippen LogP contribution < -0.4 is 15.8 Å². The number of guanidine groups is 1. The Labute approximate surface area is 133 Å². The predicted octanol–water partition coefficient (Wildman–Crippen LogP) is 2.00. The average molecular weight is 320 g/mol. The molecule has 6 nitrogen and oxygen atoms in total. The smallest absolute Gasteiger partial charge is 0.189 e. The van der Waals surface area contributed by atoms with E-state index < -0.39 is 0 Å². The van der Waals surface area contributed by atoms with Crippen LogP contribution in [0.1, 0.15) is 23.7 Å². The summed E-state index contributed by atoms with van der Waals surface area (Å²) in [7, 11) is 1.82. The maximum Gasteiger partial charge on any atom is 0.189 e. The SMILES string of the molecule is Cn1cc(Cl)c(CN=C(N)NC2CCOc3ccccc32)n1. The number of hydrogen-bond acceptors (Lipinski definition) is 3. The van der Waals surface area contributed by atoms with Crippen LogP contribution in [0, 0.1) is 0 Å². The number of aliphatic imine (C=N–C) groups is 1. The van der Waals surface area contributed by atoms with Crippen molar-refractivity contribution in [3.63, 3.8) is 0 Å². The summed E-state index contributed by atoms with van der Waals surface area (Å²) < 4.78 is 7.29. The van der Waals surface area contributed by atoms with E-state index in [-0.39, 0.29) is 6.04 Å². The van der Waals surface area contributed by atoms with E-state index in [4.69, 9.17) is 22.1 Å². The van der Waals surface area contributed by atoms with Crippen LogP contribution in [-0.4, -0.2) is 22.3 Å². The number of benzene rings is 1. The third-order valence-corrected chi connectivity index (χ3v) is 3.85. The molecular formula is C15H18ClN5O. The number of para-hydroxylation sites is 1. The summed E-state index contributed by atoms with van der Waals surface area (Å²) in [5.74, 6) is 1.27. The molecule has 1 atom stereocenters. The topological polar surface area (TPSA) is 77.5 Å². The van der Waals surface area contributed by atoms with Crippen molar-refractivity contribution in [1.29, 1.82) is 0 Å². The number of aromatic nitrogens is 2. The van der Waals surface area contributed by atoms with Gasteiger partial charge in [-0.05, 0) is 6.07 Å². The number of nitrogens with zero attached hydrogens (tertiary/aromatic N) is 3. The van der Waals surface area contributed by atoms with Crippen LogP contribution in [-0.2, 0) is 13.6 Å². The Kier molecular flexibility index (Phi) is 4.20. The van der Waals surface area contributed by atoms with Crippen LogP contribution in [0.25, 0.3) is 0 Å². The van der Waals surface area contributed by atoms with Gasteiger partial charge in [0, 0.05) is 25.2 Å². The Bertz CT molecular complexity index is 697. The van der Waals surface area contributed by atoms with Gasteiger partial charge in [0.2, 0.25) is 0 Å². The first kappa shape index (κ1) is 14.7. The molecular weight excluding hydrogens is 302 g/mol. The minimum atomic E-state index is 0.105. The zero-order valence-electron chi connectivity index (χ0n) is 12.3. The van der Waals surface area contributed by atoms with Gasteiger partial charge in [0.25, 0.3) is 0 Å². The van der Waals surface area contributed by atoms with E-state index in [1.54, 1.807) is 10.9 Å². The van der Waals surface area contributed by atoms with Gasteiger partial charge in [-0.1, -0.05) is 29.8 Å². The van der Waals surface area contributed by atoms with E-state index in [2.05, 4.69) is 15.4 Å². The minimum absolute atomic E-state index is 0.105. The van der Waals surface area contributed by atoms with Gasteiger partial charge in [0.15, 0.2) is 5.96 Å². The lowest BCUT2D eigenvalue weighted by Gasteiger charge is -2.26. The van der Waals surface area contributed by atoms with Crippen molar-refractivity contribution in [3.05, 3.63) is 46.7 Å². The molecule has 3 N–H and O–H groups in total. The molecule has 1 unspecified atom stereocenters. The second-order valence-corrected chi connectivity index (χ2v) is 5.58. The summed E-state index contributed by atoms with van der Waals surface area (Å²) in [4.78, 5) is 4.32. The van der Waals surface area contributed by atoms with Crippen LogP contribution in [0.15, 0.2) is 35.5 Å². The molecule has 0 saturated carbocycles. The summed E-state index contributed by atoms with van der Waals surface area (Å²) in [6, 6.07) is 8.05. The molecule has 2 heterocycles. The highest BCUT2D eigenvalue weighted by Crippen LogP contribution is 2.31. The summed E-state index contributed by atoms with van der Waals surface area (Å²) >= 11 is 6.06. The molecule has 0 bridgehead atoms. The van der Waals surface area contributed by atoms with Crippen molar-refractivity contribution >= 4 is 17.6 Å². The minimum Gasteiger partial charge on any atom is -0.493 e. The maximum atomic E-state index is 6.06. The summed E-state index contributed by atoms with van der Waals surface area (Å²) in [6.07, 6.45) is 2.59. The van der Waals surface area contributed by atoms with Crippen LogP contribution in [0.2, 0.25) is 5.02 Å². The highest BCUT2D eigenvalue weighted by molar-refractivity contribution is 6.31. The van der Waals surface area contributed by atoms with Gasteiger partial charge in [0.05, 0.1) is 24.2 Å². The number of nitrogens with one attached hydrogen (secondary N) is 1. The first-order valence-corrected chi connectivity index (χ1v) is 7.47. The molecule has 0 fully saturated rings. The number of ether oxygens (including phenoxy) is 1. The molecule has 7 heteroatoms. The molecule has 3 rings (SSSR count). The Morgan fingerprint density at radius 2 is 2.36 bits per heavy atom. The van der Waals surface area contributed by atoms with E-state index in [1.807, 2.05) is 31.3 Å². The van der Waals surface area contributed by atoms with Crippen molar-refractivity contribution < 1.29 is 4.74 Å². The van der Waals surface area contributed by atoms with Gasteiger partial charge < -0.3 is 15.8 Å². The molecule has 0 saturated heterocycles. The Balaban J connectivity index is 1.68. The van der Waals surface area contributed by atoms with Crippen LogP contribution in [0.3, 0.4) is 0 Å². The highest BCUT2D eigenvalue weighted by atomic mass is 35.5. The van der Waals surface area contributed by atoms with Gasteiger partial charge in [-0.3, -0.25) is 4.68 Å². The number of fused-ring (bicyclic) bond motifs is 1. The Morgan fingerprint density at radius 1 is 1.55 bits per heavy atom. The third-order valence-electron chi connectivity index (χ3n) is 3.53. The molecule has 1 aromatic carbocycles. The largest absolute Gasteiger partial charge is 0.493 e. The fraction of sp³-hybridized carbons (Fsp3) is 0.333. The normalized spacial score (nSPS) is 17.7. The Hall–Kier alpha value is -2.21.